The number of furan rings is 1. The van der Waals surface area contributed by atoms with E-state index in [0.29, 0.717) is 18.4 Å². The van der Waals surface area contributed by atoms with Gasteiger partial charge in [-0.15, -0.1) is 0 Å². The third-order valence-corrected chi connectivity index (χ3v) is 4.28. The molecule has 3 aromatic rings. The van der Waals surface area contributed by atoms with Gasteiger partial charge < -0.3 is 14.1 Å². The van der Waals surface area contributed by atoms with Crippen LogP contribution in [0.4, 0.5) is 5.82 Å². The molecule has 5 nitrogen and oxygen atoms in total. The number of pyridine rings is 2. The van der Waals surface area contributed by atoms with Crippen LogP contribution in [0.25, 0.3) is 11.0 Å². The van der Waals surface area contributed by atoms with E-state index >= 15 is 0 Å². The molecule has 5 heteroatoms. The number of hydrogen-bond acceptors (Lipinski definition) is 5. The number of anilines is 1. The molecule has 0 amide bonds. The Morgan fingerprint density at radius 2 is 2.17 bits per heavy atom. The zero-order chi connectivity index (χ0) is 15.5. The number of rotatable bonds is 4. The normalized spacial score (nSPS) is 18.3. The Hall–Kier alpha value is -2.56. The molecule has 1 atom stereocenters. The van der Waals surface area contributed by atoms with Crippen LogP contribution in [0.5, 0.6) is 5.88 Å². The number of nitrogens with zero attached hydrogens (tertiary/aromatic N) is 3. The lowest BCUT2D eigenvalue weighted by Crippen LogP contribution is -2.38. The Balaban J connectivity index is 1.46. The molecular weight excluding hydrogens is 290 g/mol. The van der Waals surface area contributed by atoms with E-state index in [4.69, 9.17) is 9.15 Å². The number of fused-ring (bicyclic) bond motifs is 1. The summed E-state index contributed by atoms with van der Waals surface area (Å²) in [5, 5.41) is 1.08. The first kappa shape index (κ1) is 14.1. The summed E-state index contributed by atoms with van der Waals surface area (Å²) >= 11 is 0. The quantitative estimate of drug-likeness (QED) is 0.738. The fraction of sp³-hybridized carbons (Fsp3) is 0.333. The van der Waals surface area contributed by atoms with E-state index in [-0.39, 0.29) is 0 Å². The van der Waals surface area contributed by atoms with Crippen molar-refractivity contribution >= 4 is 16.8 Å². The van der Waals surface area contributed by atoms with Crippen molar-refractivity contribution in [2.24, 2.45) is 5.92 Å². The van der Waals surface area contributed by atoms with Gasteiger partial charge in [-0.2, -0.15) is 0 Å². The van der Waals surface area contributed by atoms with E-state index in [9.17, 15) is 0 Å². The molecule has 4 rings (SSSR count). The SMILES string of the molecule is c1ccc(OCC2CCCN(c3nccc4occc34)C2)nc1. The Morgan fingerprint density at radius 1 is 1.17 bits per heavy atom. The Bertz CT molecular complexity index is 772. The second kappa shape index (κ2) is 6.28. The van der Waals surface area contributed by atoms with Gasteiger partial charge in [0.2, 0.25) is 5.88 Å². The van der Waals surface area contributed by atoms with Crippen molar-refractivity contribution in [3.8, 4) is 5.88 Å². The summed E-state index contributed by atoms with van der Waals surface area (Å²) in [6, 6.07) is 9.63. The lowest BCUT2D eigenvalue weighted by atomic mass is 9.99. The molecule has 1 fully saturated rings. The van der Waals surface area contributed by atoms with Crippen molar-refractivity contribution in [2.75, 3.05) is 24.6 Å². The first-order chi connectivity index (χ1) is 11.4. The molecule has 0 radical (unpaired) electrons. The van der Waals surface area contributed by atoms with Gasteiger partial charge in [-0.3, -0.25) is 0 Å². The summed E-state index contributed by atoms with van der Waals surface area (Å²) in [6.45, 7) is 2.66. The minimum atomic E-state index is 0.481. The molecule has 3 aromatic heterocycles. The fourth-order valence-corrected chi connectivity index (χ4v) is 3.16. The van der Waals surface area contributed by atoms with E-state index in [1.54, 1.807) is 12.5 Å². The summed E-state index contributed by atoms with van der Waals surface area (Å²) in [5.41, 5.74) is 0.891. The lowest BCUT2D eigenvalue weighted by molar-refractivity contribution is 0.221. The summed E-state index contributed by atoms with van der Waals surface area (Å²) < 4.78 is 11.3. The minimum absolute atomic E-state index is 0.481. The van der Waals surface area contributed by atoms with Gasteiger partial charge in [0.1, 0.15) is 11.4 Å². The molecule has 118 valence electrons. The van der Waals surface area contributed by atoms with Crippen molar-refractivity contribution in [1.29, 1.82) is 0 Å². The number of piperidine rings is 1. The predicted octanol–water partition coefficient (Wildman–Crippen LogP) is 3.52. The van der Waals surface area contributed by atoms with Crippen LogP contribution in [0, 0.1) is 5.92 Å². The van der Waals surface area contributed by atoms with Crippen LogP contribution in [0.15, 0.2) is 53.4 Å². The van der Waals surface area contributed by atoms with Crippen LogP contribution in [0.2, 0.25) is 0 Å². The van der Waals surface area contributed by atoms with Crippen LogP contribution >= 0.6 is 0 Å². The van der Waals surface area contributed by atoms with Gasteiger partial charge in [-0.1, -0.05) is 6.07 Å². The van der Waals surface area contributed by atoms with Gasteiger partial charge in [-0.05, 0) is 31.0 Å². The largest absolute Gasteiger partial charge is 0.477 e. The molecule has 0 bridgehead atoms. The molecule has 0 spiro atoms. The second-order valence-electron chi connectivity index (χ2n) is 5.90. The molecule has 0 aliphatic carbocycles. The maximum absolute atomic E-state index is 5.83. The van der Waals surface area contributed by atoms with Crippen molar-refractivity contribution in [3.05, 3.63) is 49.0 Å². The van der Waals surface area contributed by atoms with E-state index in [2.05, 4.69) is 14.9 Å². The highest BCUT2D eigenvalue weighted by Crippen LogP contribution is 2.29. The van der Waals surface area contributed by atoms with Gasteiger partial charge in [0.05, 0.1) is 18.3 Å². The molecular formula is C18H19N3O2. The average molecular weight is 309 g/mol. The Kier molecular flexibility index (Phi) is 3.84. The molecule has 23 heavy (non-hydrogen) atoms. The number of hydrogen-bond donors (Lipinski definition) is 0. The highest BCUT2D eigenvalue weighted by atomic mass is 16.5. The van der Waals surface area contributed by atoms with Gasteiger partial charge in [0.15, 0.2) is 0 Å². The molecule has 4 heterocycles. The Morgan fingerprint density at radius 3 is 3.09 bits per heavy atom. The van der Waals surface area contributed by atoms with Gasteiger partial charge in [0.25, 0.3) is 0 Å². The van der Waals surface area contributed by atoms with E-state index in [0.717, 1.165) is 36.3 Å². The summed E-state index contributed by atoms with van der Waals surface area (Å²) in [7, 11) is 0. The molecule has 1 saturated heterocycles. The van der Waals surface area contributed by atoms with Crippen LogP contribution in [-0.4, -0.2) is 29.7 Å². The van der Waals surface area contributed by atoms with Crippen LogP contribution < -0.4 is 9.64 Å². The second-order valence-corrected chi connectivity index (χ2v) is 5.90. The fourth-order valence-electron chi connectivity index (χ4n) is 3.16. The van der Waals surface area contributed by atoms with Gasteiger partial charge >= 0.3 is 0 Å². The van der Waals surface area contributed by atoms with Crippen molar-refractivity contribution in [2.45, 2.75) is 12.8 Å². The van der Waals surface area contributed by atoms with Crippen molar-refractivity contribution in [3.63, 3.8) is 0 Å². The highest BCUT2D eigenvalue weighted by molar-refractivity contribution is 5.88. The average Bonchev–Trinajstić information content (AvgIpc) is 3.10. The first-order valence-electron chi connectivity index (χ1n) is 8.01. The lowest BCUT2D eigenvalue weighted by Gasteiger charge is -2.33. The van der Waals surface area contributed by atoms with Crippen molar-refractivity contribution in [1.82, 2.24) is 9.97 Å². The van der Waals surface area contributed by atoms with E-state index in [1.807, 2.05) is 36.5 Å². The summed E-state index contributed by atoms with van der Waals surface area (Å²) in [5.74, 6) is 2.19. The maximum Gasteiger partial charge on any atom is 0.213 e. The standard InChI is InChI=1S/C18H19N3O2/c1-2-8-19-17(5-1)23-13-14-4-3-10-21(12-14)18-15-7-11-22-16(15)6-9-20-18/h1-2,5-9,11,14H,3-4,10,12-13H2. The van der Waals surface area contributed by atoms with Gasteiger partial charge in [-0.25, -0.2) is 9.97 Å². The third-order valence-electron chi connectivity index (χ3n) is 4.28. The molecule has 0 aromatic carbocycles. The monoisotopic (exact) mass is 309 g/mol. The van der Waals surface area contributed by atoms with E-state index < -0.39 is 0 Å². The predicted molar refractivity (Wildman–Crippen MR) is 88.7 cm³/mol. The topological polar surface area (TPSA) is 51.4 Å². The summed E-state index contributed by atoms with van der Waals surface area (Å²) in [4.78, 5) is 11.1. The zero-order valence-electron chi connectivity index (χ0n) is 12.9. The van der Waals surface area contributed by atoms with Crippen LogP contribution in [-0.2, 0) is 0 Å². The third kappa shape index (κ3) is 2.99. The van der Waals surface area contributed by atoms with Crippen LogP contribution in [0.1, 0.15) is 12.8 Å². The van der Waals surface area contributed by atoms with E-state index in [1.165, 1.54) is 6.42 Å². The molecule has 1 aliphatic heterocycles. The molecule has 0 saturated carbocycles. The molecule has 1 aliphatic rings. The Labute approximate surface area is 134 Å². The number of aromatic nitrogens is 2. The highest BCUT2D eigenvalue weighted by Gasteiger charge is 2.23. The molecule has 1 unspecified atom stereocenters. The zero-order valence-corrected chi connectivity index (χ0v) is 12.9. The summed E-state index contributed by atoms with van der Waals surface area (Å²) in [6.07, 6.45) is 7.61. The number of ether oxygens (including phenoxy) is 1. The maximum atomic E-state index is 5.83. The smallest absolute Gasteiger partial charge is 0.213 e. The van der Waals surface area contributed by atoms with Crippen LogP contribution in [0.3, 0.4) is 0 Å². The molecule has 0 N–H and O–H groups in total. The van der Waals surface area contributed by atoms with Crippen molar-refractivity contribution < 1.29 is 9.15 Å². The first-order valence-corrected chi connectivity index (χ1v) is 8.01. The minimum Gasteiger partial charge on any atom is -0.477 e. The van der Waals surface area contributed by atoms with Gasteiger partial charge in [0, 0.05) is 37.5 Å².